The van der Waals surface area contributed by atoms with Crippen LogP contribution in [0.5, 0.6) is 0 Å². The van der Waals surface area contributed by atoms with E-state index < -0.39 is 0 Å². The molecule has 1 saturated heterocycles. The average molecular weight is 589 g/mol. The van der Waals surface area contributed by atoms with Crippen LogP contribution in [-0.4, -0.2) is 52.7 Å². The van der Waals surface area contributed by atoms with Gasteiger partial charge in [0.25, 0.3) is 0 Å². The molecule has 43 heavy (non-hydrogen) atoms. The fourth-order valence-electron chi connectivity index (χ4n) is 12.8. The van der Waals surface area contributed by atoms with Crippen LogP contribution in [0.4, 0.5) is 0 Å². The van der Waals surface area contributed by atoms with Crippen LogP contribution >= 0.6 is 0 Å². The normalized spacial score (nSPS) is 45.7. The molecule has 2 heterocycles. The minimum Gasteiger partial charge on any atom is -0.458 e. The highest BCUT2D eigenvalue weighted by atomic mass is 16.5. The molecule has 0 aromatic carbocycles. The average Bonchev–Trinajstić information content (AvgIpc) is 3.53. The van der Waals surface area contributed by atoms with Gasteiger partial charge in [-0.25, -0.2) is 4.79 Å². The van der Waals surface area contributed by atoms with Gasteiger partial charge in [0.2, 0.25) is 5.91 Å². The Hall–Kier alpha value is -1.95. The lowest BCUT2D eigenvalue weighted by Gasteiger charge is -2.59. The number of hydrogen-bond acceptors (Lipinski definition) is 5. The summed E-state index contributed by atoms with van der Waals surface area (Å²) in [6.07, 6.45) is 19.9. The summed E-state index contributed by atoms with van der Waals surface area (Å²) in [7, 11) is 0. The van der Waals surface area contributed by atoms with Crippen molar-refractivity contribution in [3.05, 3.63) is 30.1 Å². The first-order valence-corrected chi connectivity index (χ1v) is 17.6. The zero-order valence-electron chi connectivity index (χ0n) is 26.9. The maximum absolute atomic E-state index is 13.0. The SMILES string of the molecule is CC(=O)N(CC1CCC2C(CC3C4CCC5C(C)(C)[C@@H](OC(=O)c6cccnc6)CCC56C[C@@]46CCC23C)O1)C1CCC1. The van der Waals surface area contributed by atoms with Gasteiger partial charge < -0.3 is 14.4 Å². The second-order valence-electron chi connectivity index (χ2n) is 16.8. The first kappa shape index (κ1) is 28.5. The molecule has 234 valence electrons. The van der Waals surface area contributed by atoms with Crippen LogP contribution in [0.1, 0.15) is 122 Å². The summed E-state index contributed by atoms with van der Waals surface area (Å²) in [6, 6.07) is 4.07. The molecule has 0 radical (unpaired) electrons. The van der Waals surface area contributed by atoms with Gasteiger partial charge in [-0.3, -0.25) is 9.78 Å². The summed E-state index contributed by atoms with van der Waals surface area (Å²) < 4.78 is 13.2. The van der Waals surface area contributed by atoms with Crippen LogP contribution in [0.2, 0.25) is 0 Å². The maximum Gasteiger partial charge on any atom is 0.339 e. The third kappa shape index (κ3) is 4.02. The Balaban J connectivity index is 0.975. The number of rotatable bonds is 5. The Morgan fingerprint density at radius 3 is 2.51 bits per heavy atom. The molecule has 6 saturated carbocycles. The molecule has 6 heteroatoms. The van der Waals surface area contributed by atoms with E-state index in [1.807, 2.05) is 12.1 Å². The van der Waals surface area contributed by atoms with Crippen molar-refractivity contribution in [1.29, 1.82) is 0 Å². The van der Waals surface area contributed by atoms with E-state index in [9.17, 15) is 9.59 Å². The van der Waals surface area contributed by atoms with Crippen LogP contribution in [0.25, 0.3) is 0 Å². The van der Waals surface area contributed by atoms with Gasteiger partial charge in [-0.05, 0) is 136 Å². The molecule has 0 N–H and O–H groups in total. The van der Waals surface area contributed by atoms with E-state index in [2.05, 4.69) is 30.7 Å². The Morgan fingerprint density at radius 1 is 0.977 bits per heavy atom. The molecular formula is C37H52N2O4. The monoisotopic (exact) mass is 588 g/mol. The molecule has 8 rings (SSSR count). The third-order valence-corrected chi connectivity index (χ3v) is 15.1. The number of ether oxygens (including phenoxy) is 2. The fraction of sp³-hybridized carbons (Fsp3) is 0.811. The molecule has 6 aliphatic carbocycles. The van der Waals surface area contributed by atoms with E-state index in [0.717, 1.165) is 44.1 Å². The lowest BCUT2D eigenvalue weighted by atomic mass is 9.46. The van der Waals surface area contributed by atoms with Crippen molar-refractivity contribution in [3.63, 3.8) is 0 Å². The van der Waals surface area contributed by atoms with Crippen molar-refractivity contribution < 1.29 is 19.1 Å². The van der Waals surface area contributed by atoms with Crippen LogP contribution in [-0.2, 0) is 14.3 Å². The minimum atomic E-state index is -0.222. The first-order chi connectivity index (χ1) is 20.6. The Labute approximate surface area is 258 Å². The van der Waals surface area contributed by atoms with Gasteiger partial charge in [-0.1, -0.05) is 20.8 Å². The van der Waals surface area contributed by atoms with Crippen LogP contribution in [0.3, 0.4) is 0 Å². The summed E-state index contributed by atoms with van der Waals surface area (Å²) in [5, 5.41) is 0. The maximum atomic E-state index is 13.0. The summed E-state index contributed by atoms with van der Waals surface area (Å²) >= 11 is 0. The van der Waals surface area contributed by atoms with Gasteiger partial charge in [0, 0.05) is 37.3 Å². The van der Waals surface area contributed by atoms with E-state index >= 15 is 0 Å². The zero-order valence-corrected chi connectivity index (χ0v) is 26.9. The lowest BCUT2D eigenvalue weighted by molar-refractivity contribution is -0.144. The quantitative estimate of drug-likeness (QED) is 0.340. The van der Waals surface area contributed by atoms with Gasteiger partial charge in [0.1, 0.15) is 6.10 Å². The summed E-state index contributed by atoms with van der Waals surface area (Å²) in [6.45, 7) is 9.96. The van der Waals surface area contributed by atoms with Gasteiger partial charge in [-0.2, -0.15) is 0 Å². The topological polar surface area (TPSA) is 68.7 Å². The second-order valence-corrected chi connectivity index (χ2v) is 16.8. The van der Waals surface area contributed by atoms with Crippen molar-refractivity contribution in [2.24, 2.45) is 45.3 Å². The van der Waals surface area contributed by atoms with E-state index in [4.69, 9.17) is 9.47 Å². The second kappa shape index (κ2) is 9.77. The number of hydrogen-bond donors (Lipinski definition) is 0. The lowest BCUT2D eigenvalue weighted by Crippen LogP contribution is -2.55. The van der Waals surface area contributed by atoms with Gasteiger partial charge in [0.05, 0.1) is 17.8 Å². The van der Waals surface area contributed by atoms with Crippen molar-refractivity contribution in [2.45, 2.75) is 136 Å². The molecule has 1 aromatic rings. The molecule has 0 bridgehead atoms. The van der Waals surface area contributed by atoms with Crippen molar-refractivity contribution in [1.82, 2.24) is 9.88 Å². The molecule has 1 aromatic heterocycles. The number of amides is 1. The van der Waals surface area contributed by atoms with Crippen LogP contribution in [0.15, 0.2) is 24.5 Å². The third-order valence-electron chi connectivity index (χ3n) is 15.1. The molecule has 7 fully saturated rings. The van der Waals surface area contributed by atoms with E-state index in [1.165, 1.54) is 57.8 Å². The largest absolute Gasteiger partial charge is 0.458 e. The number of aromatic nitrogens is 1. The molecule has 10 atom stereocenters. The number of esters is 1. The van der Waals surface area contributed by atoms with E-state index in [1.54, 1.807) is 19.3 Å². The fourth-order valence-corrected chi connectivity index (χ4v) is 12.8. The van der Waals surface area contributed by atoms with Crippen molar-refractivity contribution in [2.75, 3.05) is 6.54 Å². The van der Waals surface area contributed by atoms with Gasteiger partial charge in [0.15, 0.2) is 0 Å². The van der Waals surface area contributed by atoms with Crippen LogP contribution in [0, 0.1) is 45.3 Å². The molecular weight excluding hydrogens is 536 g/mol. The number of carbonyl (C=O) groups is 2. The number of pyridine rings is 1. The molecule has 1 amide bonds. The predicted molar refractivity (Wildman–Crippen MR) is 164 cm³/mol. The summed E-state index contributed by atoms with van der Waals surface area (Å²) in [4.78, 5) is 31.8. The number of fused-ring (bicyclic) bond motifs is 4. The molecule has 1 aliphatic heterocycles. The number of nitrogens with zero attached hydrogens (tertiary/aromatic N) is 2. The van der Waals surface area contributed by atoms with E-state index in [-0.39, 0.29) is 29.5 Å². The smallest absolute Gasteiger partial charge is 0.339 e. The highest BCUT2D eigenvalue weighted by Crippen LogP contribution is 2.87. The minimum absolute atomic E-state index is 0.0195. The van der Waals surface area contributed by atoms with Crippen LogP contribution < -0.4 is 0 Å². The number of carbonyl (C=O) groups excluding carboxylic acids is 2. The summed E-state index contributed by atoms with van der Waals surface area (Å²) in [5.74, 6) is 2.87. The molecule has 7 aliphatic rings. The summed E-state index contributed by atoms with van der Waals surface area (Å²) in [5.41, 5.74) is 1.84. The Bertz CT molecular complexity index is 1280. The van der Waals surface area contributed by atoms with Gasteiger partial charge >= 0.3 is 5.97 Å². The molecule has 8 unspecified atom stereocenters. The highest BCUT2D eigenvalue weighted by Gasteiger charge is 2.80. The molecule has 6 nitrogen and oxygen atoms in total. The zero-order chi connectivity index (χ0) is 29.8. The van der Waals surface area contributed by atoms with Crippen molar-refractivity contribution >= 4 is 11.9 Å². The van der Waals surface area contributed by atoms with Gasteiger partial charge in [-0.15, -0.1) is 0 Å². The first-order valence-electron chi connectivity index (χ1n) is 17.6. The van der Waals surface area contributed by atoms with E-state index in [0.29, 0.717) is 45.8 Å². The Morgan fingerprint density at radius 2 is 1.79 bits per heavy atom. The predicted octanol–water partition coefficient (Wildman–Crippen LogP) is 7.21. The van der Waals surface area contributed by atoms with Crippen molar-refractivity contribution in [3.8, 4) is 0 Å². The molecule has 2 spiro atoms. The highest BCUT2D eigenvalue weighted by molar-refractivity contribution is 5.89. The standard InChI is InChI=1S/C37H52N2O4/c1-23(40)39(25-8-5-9-25)21-26-10-11-28-30(42-26)19-29-27-12-13-31-34(2,3)32(43-33(41)24-7-6-18-38-20-24)14-15-37(31)22-36(27,37)17-16-35(28,29)4/h6-7,18,20,25-32H,5,8-17,19,21-22H2,1-4H3/t26?,27?,28?,29?,30?,31?,32-,35?,36-,37?/m0/s1. The Kier molecular flexibility index (Phi) is 6.48.